The number of carbonyl (C=O) groups excluding carboxylic acids is 1. The van der Waals surface area contributed by atoms with Crippen LogP contribution in [0.25, 0.3) is 0 Å². The number of rotatable bonds is 3. The van der Waals surface area contributed by atoms with E-state index in [1.54, 1.807) is 0 Å². The van der Waals surface area contributed by atoms with Crippen molar-refractivity contribution in [2.75, 3.05) is 11.0 Å². The number of hydrogen-bond donors (Lipinski definition) is 1. The molecule has 1 rings (SSSR count). The summed E-state index contributed by atoms with van der Waals surface area (Å²) in [7, 11) is -3.37. The lowest BCUT2D eigenvalue weighted by Gasteiger charge is -2.06. The maximum Gasteiger partial charge on any atom is 0.229 e. The molecule has 0 aliphatic carbocycles. The highest BCUT2D eigenvalue weighted by molar-refractivity contribution is 7.92. The van der Waals surface area contributed by atoms with Crippen LogP contribution in [0.15, 0.2) is 18.2 Å². The van der Waals surface area contributed by atoms with Crippen molar-refractivity contribution in [1.82, 2.24) is 0 Å². The quantitative estimate of drug-likeness (QED) is 0.806. The molecule has 1 aromatic rings. The fourth-order valence-corrected chi connectivity index (χ4v) is 1.69. The number of benzene rings is 1. The van der Waals surface area contributed by atoms with E-state index in [4.69, 9.17) is 11.6 Å². The molecule has 1 N–H and O–H groups in total. The van der Waals surface area contributed by atoms with Gasteiger partial charge in [-0.25, -0.2) is 8.42 Å². The fraction of sp³-hybridized carbons (Fsp3) is 0.125. The van der Waals surface area contributed by atoms with Gasteiger partial charge in [-0.3, -0.25) is 9.52 Å². The standard InChI is InChI=1S/C8H8ClNO3S/c1-14(12,13)10-8-3-2-7(9)4-6(8)5-11/h2-5,10H,1H3. The van der Waals surface area contributed by atoms with Gasteiger partial charge in [0.05, 0.1) is 11.9 Å². The first-order valence-corrected chi connectivity index (χ1v) is 5.92. The van der Waals surface area contributed by atoms with Crippen LogP contribution in [0.3, 0.4) is 0 Å². The van der Waals surface area contributed by atoms with Crippen molar-refractivity contribution in [3.05, 3.63) is 28.8 Å². The second-order valence-corrected chi connectivity index (χ2v) is 4.91. The predicted molar refractivity (Wildman–Crippen MR) is 55.3 cm³/mol. The molecule has 0 saturated heterocycles. The van der Waals surface area contributed by atoms with E-state index in [0.29, 0.717) is 11.3 Å². The summed E-state index contributed by atoms with van der Waals surface area (Å²) in [6.45, 7) is 0. The molecule has 0 radical (unpaired) electrons. The van der Waals surface area contributed by atoms with Gasteiger partial charge in [0.25, 0.3) is 0 Å². The van der Waals surface area contributed by atoms with Crippen molar-refractivity contribution >= 4 is 33.6 Å². The molecule has 0 bridgehead atoms. The molecule has 4 nitrogen and oxygen atoms in total. The van der Waals surface area contributed by atoms with Crippen LogP contribution in [0.5, 0.6) is 0 Å². The maximum absolute atomic E-state index is 10.9. The van der Waals surface area contributed by atoms with Gasteiger partial charge in [-0.2, -0.15) is 0 Å². The normalized spacial score (nSPS) is 11.0. The van der Waals surface area contributed by atoms with Gasteiger partial charge in [0.15, 0.2) is 6.29 Å². The lowest BCUT2D eigenvalue weighted by atomic mass is 10.2. The number of carbonyl (C=O) groups is 1. The lowest BCUT2D eigenvalue weighted by Crippen LogP contribution is -2.11. The molecule has 0 atom stereocenters. The first-order chi connectivity index (χ1) is 6.42. The monoisotopic (exact) mass is 233 g/mol. The first-order valence-electron chi connectivity index (χ1n) is 3.65. The van der Waals surface area contributed by atoms with E-state index in [1.807, 2.05) is 0 Å². The summed E-state index contributed by atoms with van der Waals surface area (Å²) in [4.78, 5) is 10.6. The molecule has 0 fully saturated rings. The molecule has 0 unspecified atom stereocenters. The maximum atomic E-state index is 10.9. The van der Waals surface area contributed by atoms with E-state index in [9.17, 15) is 13.2 Å². The highest BCUT2D eigenvalue weighted by Crippen LogP contribution is 2.19. The van der Waals surface area contributed by atoms with Crippen LogP contribution in [0.1, 0.15) is 10.4 Å². The van der Waals surface area contributed by atoms with Crippen molar-refractivity contribution in [2.24, 2.45) is 0 Å². The third kappa shape index (κ3) is 3.01. The van der Waals surface area contributed by atoms with Crippen molar-refractivity contribution in [1.29, 1.82) is 0 Å². The van der Waals surface area contributed by atoms with Gasteiger partial charge >= 0.3 is 0 Å². The molecule has 1 aromatic carbocycles. The predicted octanol–water partition coefficient (Wildman–Crippen LogP) is 1.52. The summed E-state index contributed by atoms with van der Waals surface area (Å²) in [5, 5.41) is 0.381. The summed E-state index contributed by atoms with van der Waals surface area (Å²) in [6.07, 6.45) is 1.55. The topological polar surface area (TPSA) is 63.2 Å². The van der Waals surface area contributed by atoms with Crippen LogP contribution in [0.4, 0.5) is 5.69 Å². The zero-order chi connectivity index (χ0) is 10.8. The summed E-state index contributed by atoms with van der Waals surface area (Å²) < 4.78 is 24.0. The Bertz CT molecular complexity index is 456. The van der Waals surface area contributed by atoms with Crippen LogP contribution in [0, 0.1) is 0 Å². The van der Waals surface area contributed by atoms with Crippen LogP contribution in [0.2, 0.25) is 5.02 Å². The van der Waals surface area contributed by atoms with Crippen LogP contribution in [-0.4, -0.2) is 21.0 Å². The van der Waals surface area contributed by atoms with E-state index in [2.05, 4.69) is 4.72 Å². The van der Waals surface area contributed by atoms with E-state index in [-0.39, 0.29) is 11.3 Å². The minimum Gasteiger partial charge on any atom is -0.298 e. The minimum atomic E-state index is -3.37. The lowest BCUT2D eigenvalue weighted by molar-refractivity contribution is 0.112. The van der Waals surface area contributed by atoms with E-state index in [0.717, 1.165) is 6.26 Å². The van der Waals surface area contributed by atoms with Crippen LogP contribution < -0.4 is 4.72 Å². The molecule has 0 spiro atoms. The van der Waals surface area contributed by atoms with Gasteiger partial charge in [0, 0.05) is 10.6 Å². The van der Waals surface area contributed by atoms with E-state index < -0.39 is 10.0 Å². The van der Waals surface area contributed by atoms with Crippen molar-refractivity contribution in [3.63, 3.8) is 0 Å². The number of nitrogens with one attached hydrogen (secondary N) is 1. The highest BCUT2D eigenvalue weighted by Gasteiger charge is 2.06. The average Bonchev–Trinajstić information content (AvgIpc) is 2.06. The number of sulfonamides is 1. The average molecular weight is 234 g/mol. The Morgan fingerprint density at radius 1 is 1.43 bits per heavy atom. The zero-order valence-corrected chi connectivity index (χ0v) is 8.89. The fourth-order valence-electron chi connectivity index (χ4n) is 0.924. The van der Waals surface area contributed by atoms with E-state index in [1.165, 1.54) is 18.2 Å². The Labute approximate surface area is 86.9 Å². The molecule has 0 saturated carbocycles. The summed E-state index contributed by atoms with van der Waals surface area (Å²) >= 11 is 5.63. The molecule has 0 amide bonds. The third-order valence-electron chi connectivity index (χ3n) is 1.44. The SMILES string of the molecule is CS(=O)(=O)Nc1ccc(Cl)cc1C=O. The zero-order valence-electron chi connectivity index (χ0n) is 7.32. The number of halogens is 1. The molecule has 14 heavy (non-hydrogen) atoms. The molecular formula is C8H8ClNO3S. The van der Waals surface area contributed by atoms with Crippen molar-refractivity contribution in [3.8, 4) is 0 Å². The molecule has 0 aliphatic heterocycles. The number of hydrogen-bond acceptors (Lipinski definition) is 3. The Balaban J connectivity index is 3.15. The van der Waals surface area contributed by atoms with Gasteiger partial charge in [0.1, 0.15) is 0 Å². The van der Waals surface area contributed by atoms with Gasteiger partial charge in [0.2, 0.25) is 10.0 Å². The largest absolute Gasteiger partial charge is 0.298 e. The molecule has 0 aliphatic rings. The van der Waals surface area contributed by atoms with Gasteiger partial charge in [-0.05, 0) is 18.2 Å². The summed E-state index contributed by atoms with van der Waals surface area (Å²) in [6, 6.07) is 4.33. The molecule has 0 heterocycles. The summed E-state index contributed by atoms with van der Waals surface area (Å²) in [5.74, 6) is 0. The Morgan fingerprint density at radius 2 is 2.07 bits per heavy atom. The Kier molecular flexibility index (Phi) is 3.13. The van der Waals surface area contributed by atoms with Gasteiger partial charge in [-0.1, -0.05) is 11.6 Å². The number of aldehydes is 1. The second-order valence-electron chi connectivity index (χ2n) is 2.72. The Hall–Kier alpha value is -1.07. The smallest absolute Gasteiger partial charge is 0.229 e. The minimum absolute atomic E-state index is 0.211. The van der Waals surface area contributed by atoms with Crippen LogP contribution >= 0.6 is 11.6 Å². The van der Waals surface area contributed by atoms with Gasteiger partial charge < -0.3 is 0 Å². The van der Waals surface area contributed by atoms with Gasteiger partial charge in [-0.15, -0.1) is 0 Å². The number of anilines is 1. The van der Waals surface area contributed by atoms with E-state index >= 15 is 0 Å². The highest BCUT2D eigenvalue weighted by atomic mass is 35.5. The second kappa shape index (κ2) is 3.98. The first kappa shape index (κ1) is 11.0. The molecule has 0 aromatic heterocycles. The molecule has 6 heteroatoms. The third-order valence-corrected chi connectivity index (χ3v) is 2.26. The van der Waals surface area contributed by atoms with Crippen molar-refractivity contribution in [2.45, 2.75) is 0 Å². The molecule has 76 valence electrons. The van der Waals surface area contributed by atoms with Crippen molar-refractivity contribution < 1.29 is 13.2 Å². The summed E-state index contributed by atoms with van der Waals surface area (Å²) in [5.41, 5.74) is 0.440. The molecular weight excluding hydrogens is 226 g/mol. The Morgan fingerprint density at radius 3 is 2.57 bits per heavy atom. The van der Waals surface area contributed by atoms with Crippen LogP contribution in [-0.2, 0) is 10.0 Å².